The monoisotopic (exact) mass is 448 g/mol. The van der Waals surface area contributed by atoms with E-state index in [-0.39, 0.29) is 17.7 Å². The van der Waals surface area contributed by atoms with E-state index in [9.17, 15) is 9.59 Å². The van der Waals surface area contributed by atoms with E-state index in [4.69, 9.17) is 16.3 Å². The summed E-state index contributed by atoms with van der Waals surface area (Å²) in [4.78, 5) is 30.0. The van der Waals surface area contributed by atoms with Crippen LogP contribution in [0, 0.1) is 5.92 Å². The molecule has 0 fully saturated rings. The number of benzene rings is 3. The molecule has 0 bridgehead atoms. The Balaban J connectivity index is 1.53. The Morgan fingerprint density at radius 3 is 2.34 bits per heavy atom. The van der Waals surface area contributed by atoms with Crippen molar-refractivity contribution in [2.24, 2.45) is 5.92 Å². The van der Waals surface area contributed by atoms with E-state index in [2.05, 4.69) is 0 Å². The van der Waals surface area contributed by atoms with Crippen molar-refractivity contribution in [1.82, 2.24) is 0 Å². The number of halogens is 1. The molecule has 1 heterocycles. The van der Waals surface area contributed by atoms with Gasteiger partial charge in [0.1, 0.15) is 5.75 Å². The van der Waals surface area contributed by atoms with Crippen molar-refractivity contribution in [2.45, 2.75) is 13.3 Å². The molecule has 1 aliphatic rings. The Morgan fingerprint density at radius 2 is 1.62 bits per heavy atom. The highest BCUT2D eigenvalue weighted by Gasteiger charge is 2.33. The van der Waals surface area contributed by atoms with Crippen LogP contribution in [0.2, 0.25) is 5.02 Å². The van der Waals surface area contributed by atoms with E-state index < -0.39 is 0 Å². The number of ether oxygens (including phenoxy) is 1. The van der Waals surface area contributed by atoms with Crippen molar-refractivity contribution in [2.75, 3.05) is 29.5 Å². The minimum absolute atomic E-state index is 0.00676. The van der Waals surface area contributed by atoms with Gasteiger partial charge in [-0.15, -0.1) is 0 Å². The van der Waals surface area contributed by atoms with Crippen molar-refractivity contribution in [3.63, 3.8) is 0 Å². The maximum atomic E-state index is 13.3. The lowest BCUT2D eigenvalue weighted by molar-refractivity contribution is -0.121. The van der Waals surface area contributed by atoms with Gasteiger partial charge in [0.25, 0.3) is 5.91 Å². The molecule has 32 heavy (non-hydrogen) atoms. The zero-order valence-corrected chi connectivity index (χ0v) is 18.7. The van der Waals surface area contributed by atoms with Crippen LogP contribution < -0.4 is 14.5 Å². The molecule has 1 aliphatic heterocycles. The molecule has 0 radical (unpaired) electrons. The van der Waals surface area contributed by atoms with Gasteiger partial charge < -0.3 is 14.5 Å². The van der Waals surface area contributed by atoms with Gasteiger partial charge >= 0.3 is 0 Å². The van der Waals surface area contributed by atoms with E-state index in [0.29, 0.717) is 36.7 Å². The molecular formula is C26H25ClN2O3. The third-order valence-electron chi connectivity index (χ3n) is 5.48. The van der Waals surface area contributed by atoms with Gasteiger partial charge in [-0.1, -0.05) is 48.9 Å². The van der Waals surface area contributed by atoms with Gasteiger partial charge in [0.05, 0.1) is 23.9 Å². The summed E-state index contributed by atoms with van der Waals surface area (Å²) in [6, 6.07) is 24.0. The molecule has 164 valence electrons. The van der Waals surface area contributed by atoms with Crippen LogP contribution in [0.5, 0.6) is 5.75 Å². The van der Waals surface area contributed by atoms with E-state index in [1.807, 2.05) is 61.5 Å². The van der Waals surface area contributed by atoms with E-state index in [0.717, 1.165) is 17.1 Å². The topological polar surface area (TPSA) is 49.9 Å². The molecule has 0 aliphatic carbocycles. The zero-order chi connectivity index (χ0) is 22.5. The molecule has 4 rings (SSSR count). The van der Waals surface area contributed by atoms with Crippen LogP contribution in [-0.4, -0.2) is 31.5 Å². The van der Waals surface area contributed by atoms with Crippen LogP contribution in [0.1, 0.15) is 23.7 Å². The van der Waals surface area contributed by atoms with Crippen LogP contribution in [0.3, 0.4) is 0 Å². The molecule has 5 nitrogen and oxygen atoms in total. The fourth-order valence-corrected chi connectivity index (χ4v) is 3.98. The Hall–Kier alpha value is -3.31. The second-order valence-electron chi connectivity index (χ2n) is 7.82. The average Bonchev–Trinajstić information content (AvgIpc) is 2.93. The van der Waals surface area contributed by atoms with Gasteiger partial charge in [-0.25, -0.2) is 0 Å². The maximum absolute atomic E-state index is 13.3. The van der Waals surface area contributed by atoms with Gasteiger partial charge in [-0.05, 0) is 55.0 Å². The third kappa shape index (κ3) is 4.78. The highest BCUT2D eigenvalue weighted by Crippen LogP contribution is 2.35. The number of hydrogen-bond donors (Lipinski definition) is 0. The molecule has 3 aromatic carbocycles. The van der Waals surface area contributed by atoms with Crippen molar-refractivity contribution in [3.05, 3.63) is 89.4 Å². The quantitative estimate of drug-likeness (QED) is 0.472. The highest BCUT2D eigenvalue weighted by atomic mass is 35.5. The van der Waals surface area contributed by atoms with E-state index in [1.54, 1.807) is 34.1 Å². The first-order valence-corrected chi connectivity index (χ1v) is 11.1. The molecule has 0 spiro atoms. The zero-order valence-electron chi connectivity index (χ0n) is 17.9. The minimum Gasteiger partial charge on any atom is -0.494 e. The van der Waals surface area contributed by atoms with Crippen LogP contribution in [0.4, 0.5) is 11.4 Å². The van der Waals surface area contributed by atoms with Gasteiger partial charge in [-0.3, -0.25) is 9.59 Å². The summed E-state index contributed by atoms with van der Waals surface area (Å²) in [5.41, 5.74) is 2.10. The molecule has 1 unspecified atom stereocenters. The molecule has 0 saturated heterocycles. The van der Waals surface area contributed by atoms with E-state index in [1.165, 1.54) is 0 Å². The number of anilines is 2. The molecule has 0 aromatic heterocycles. The summed E-state index contributed by atoms with van der Waals surface area (Å²) in [5, 5.41) is 0.660. The van der Waals surface area contributed by atoms with E-state index >= 15 is 0 Å². The molecule has 6 heteroatoms. The number of amides is 2. The Morgan fingerprint density at radius 1 is 0.969 bits per heavy atom. The fourth-order valence-electron chi connectivity index (χ4n) is 3.86. The summed E-state index contributed by atoms with van der Waals surface area (Å²) in [5.74, 6) is 0.315. The highest BCUT2D eigenvalue weighted by molar-refractivity contribution is 6.30. The standard InChI is InChI=1S/C26H25ClN2O3/c1-19-18-29(26(31)20-8-3-2-4-9-20)24-11-6-5-10-23(24)28(25(19)30)16-7-17-32-22-14-12-21(27)13-15-22/h2-6,8-15,19H,7,16-18H2,1H3. The first-order valence-electron chi connectivity index (χ1n) is 10.7. The lowest BCUT2D eigenvalue weighted by Gasteiger charge is -2.25. The van der Waals surface area contributed by atoms with Crippen molar-refractivity contribution < 1.29 is 14.3 Å². The lowest BCUT2D eigenvalue weighted by Crippen LogP contribution is -2.39. The number of rotatable bonds is 6. The maximum Gasteiger partial charge on any atom is 0.258 e. The number of hydrogen-bond acceptors (Lipinski definition) is 3. The van der Waals surface area contributed by atoms with Crippen molar-refractivity contribution in [1.29, 1.82) is 0 Å². The summed E-state index contributed by atoms with van der Waals surface area (Å²) >= 11 is 5.91. The number of para-hydroxylation sites is 2. The average molecular weight is 449 g/mol. The largest absolute Gasteiger partial charge is 0.494 e. The van der Waals surface area contributed by atoms with Gasteiger partial charge in [0, 0.05) is 23.7 Å². The predicted octanol–water partition coefficient (Wildman–Crippen LogP) is 5.44. The molecule has 2 amide bonds. The predicted molar refractivity (Wildman–Crippen MR) is 128 cm³/mol. The molecule has 0 saturated carbocycles. The second-order valence-corrected chi connectivity index (χ2v) is 8.25. The lowest BCUT2D eigenvalue weighted by atomic mass is 10.1. The molecule has 0 N–H and O–H groups in total. The van der Waals surface area contributed by atoms with Gasteiger partial charge in [0.15, 0.2) is 0 Å². The normalized spacial score (nSPS) is 15.8. The summed E-state index contributed by atoms with van der Waals surface area (Å²) in [7, 11) is 0. The smallest absolute Gasteiger partial charge is 0.258 e. The van der Waals surface area contributed by atoms with Crippen LogP contribution in [-0.2, 0) is 4.79 Å². The van der Waals surface area contributed by atoms with Crippen LogP contribution >= 0.6 is 11.6 Å². The fraction of sp³-hybridized carbons (Fsp3) is 0.231. The SMILES string of the molecule is CC1CN(C(=O)c2ccccc2)c2ccccc2N(CCCOc2ccc(Cl)cc2)C1=O. The van der Waals surface area contributed by atoms with Crippen LogP contribution in [0.25, 0.3) is 0 Å². The van der Waals surface area contributed by atoms with Gasteiger partial charge in [-0.2, -0.15) is 0 Å². The Bertz CT molecular complexity index is 1090. The second kappa shape index (κ2) is 9.88. The molecular weight excluding hydrogens is 424 g/mol. The Kier molecular flexibility index (Phi) is 6.76. The van der Waals surface area contributed by atoms with Crippen molar-refractivity contribution in [3.8, 4) is 5.75 Å². The first kappa shape index (κ1) is 21.9. The third-order valence-corrected chi connectivity index (χ3v) is 5.73. The number of fused-ring (bicyclic) bond motifs is 1. The summed E-state index contributed by atoms with van der Waals surface area (Å²) in [6.45, 7) is 3.17. The van der Waals surface area contributed by atoms with Crippen LogP contribution in [0.15, 0.2) is 78.9 Å². The number of nitrogens with zero attached hydrogens (tertiary/aromatic N) is 2. The van der Waals surface area contributed by atoms with Crippen molar-refractivity contribution >= 4 is 34.8 Å². The number of carbonyl (C=O) groups excluding carboxylic acids is 2. The Labute approximate surface area is 193 Å². The first-order chi connectivity index (χ1) is 15.5. The molecule has 1 atom stereocenters. The summed E-state index contributed by atoms with van der Waals surface area (Å²) in [6.07, 6.45) is 0.655. The summed E-state index contributed by atoms with van der Waals surface area (Å²) < 4.78 is 5.79. The number of carbonyl (C=O) groups is 2. The minimum atomic E-state index is -0.327. The molecule has 3 aromatic rings. The van der Waals surface area contributed by atoms with Gasteiger partial charge in [0.2, 0.25) is 5.91 Å².